The zero-order valence-corrected chi connectivity index (χ0v) is 18.9. The summed E-state index contributed by atoms with van der Waals surface area (Å²) in [6.45, 7) is -3.01. The molecule has 3 aromatic carbocycles. The van der Waals surface area contributed by atoms with Gasteiger partial charge in [-0.2, -0.15) is 8.78 Å². The molecule has 0 radical (unpaired) electrons. The summed E-state index contributed by atoms with van der Waals surface area (Å²) in [6.07, 6.45) is 1.64. The summed E-state index contributed by atoms with van der Waals surface area (Å²) in [4.78, 5) is 12.8. The number of amides is 1. The first kappa shape index (κ1) is 23.7. The minimum absolute atomic E-state index is 0.0232. The van der Waals surface area contributed by atoms with Crippen LogP contribution in [0, 0.1) is 0 Å². The Labute approximate surface area is 195 Å². The summed E-state index contributed by atoms with van der Waals surface area (Å²) >= 11 is 0. The number of carbonyl (C=O) groups excluding carboxylic acids is 1. The van der Waals surface area contributed by atoms with Gasteiger partial charge in [0.25, 0.3) is 5.91 Å². The Hall–Kier alpha value is -3.50. The zero-order chi connectivity index (χ0) is 24.3. The largest absolute Gasteiger partial charge is 0.497 e. The lowest BCUT2D eigenvalue weighted by Crippen LogP contribution is -2.25. The van der Waals surface area contributed by atoms with E-state index in [1.165, 1.54) is 49.6 Å². The van der Waals surface area contributed by atoms with Crippen molar-refractivity contribution in [2.45, 2.75) is 30.4 Å². The molecule has 0 aliphatic heterocycles. The topological polar surface area (TPSA) is 93.7 Å². The van der Waals surface area contributed by atoms with E-state index in [1.54, 1.807) is 24.3 Å². The monoisotopic (exact) mass is 488 g/mol. The average molecular weight is 489 g/mol. The molecule has 0 aromatic heterocycles. The van der Waals surface area contributed by atoms with Crippen LogP contribution in [0.2, 0.25) is 0 Å². The molecule has 0 saturated heterocycles. The zero-order valence-electron chi connectivity index (χ0n) is 18.1. The van der Waals surface area contributed by atoms with E-state index in [4.69, 9.17) is 4.74 Å². The number of alkyl halides is 2. The van der Waals surface area contributed by atoms with Crippen molar-refractivity contribution in [3.8, 4) is 22.6 Å². The van der Waals surface area contributed by atoms with Gasteiger partial charge < -0.3 is 14.8 Å². The third-order valence-corrected chi connectivity index (χ3v) is 6.72. The van der Waals surface area contributed by atoms with Crippen molar-refractivity contribution >= 4 is 21.6 Å². The molecular weight excluding hydrogens is 466 g/mol. The molecule has 10 heteroatoms. The van der Waals surface area contributed by atoms with Gasteiger partial charge >= 0.3 is 6.61 Å². The minimum atomic E-state index is -3.62. The molecule has 34 heavy (non-hydrogen) atoms. The molecule has 0 atom stereocenters. The maximum Gasteiger partial charge on any atom is 0.387 e. The Morgan fingerprint density at radius 1 is 1.00 bits per heavy atom. The smallest absolute Gasteiger partial charge is 0.387 e. The van der Waals surface area contributed by atoms with Gasteiger partial charge in [0.15, 0.2) is 0 Å². The normalized spacial score (nSPS) is 13.5. The third kappa shape index (κ3) is 5.70. The van der Waals surface area contributed by atoms with Crippen LogP contribution in [0.1, 0.15) is 23.2 Å². The Morgan fingerprint density at radius 2 is 1.68 bits per heavy atom. The molecule has 1 aliphatic rings. The standard InChI is InChI=1S/C24H22F2N2O5S/c1-32-19-9-2-15(3-10-19)21-14-18(8-13-22(21)33-24(25)26)27-23(29)16-4-11-20(12-5-16)34(30,31)28-17-6-7-17/h2-5,8-14,17,24,28H,6-7H2,1H3,(H,27,29). The number of benzene rings is 3. The second-order valence-electron chi connectivity index (χ2n) is 7.69. The Kier molecular flexibility index (Phi) is 6.80. The molecule has 2 N–H and O–H groups in total. The molecule has 0 heterocycles. The van der Waals surface area contributed by atoms with Crippen LogP contribution in [0.3, 0.4) is 0 Å². The van der Waals surface area contributed by atoms with E-state index in [9.17, 15) is 22.0 Å². The second kappa shape index (κ2) is 9.78. The predicted octanol–water partition coefficient (Wildman–Crippen LogP) is 4.66. The van der Waals surface area contributed by atoms with Gasteiger partial charge in [-0.15, -0.1) is 0 Å². The van der Waals surface area contributed by atoms with E-state index < -0.39 is 22.5 Å². The molecule has 178 valence electrons. The molecule has 4 rings (SSSR count). The Morgan fingerprint density at radius 3 is 2.26 bits per heavy atom. The van der Waals surface area contributed by atoms with Crippen LogP contribution >= 0.6 is 0 Å². The number of ether oxygens (including phenoxy) is 2. The molecular formula is C24H22F2N2O5S. The fourth-order valence-electron chi connectivity index (χ4n) is 3.28. The quantitative estimate of drug-likeness (QED) is 0.457. The maximum atomic E-state index is 12.9. The first-order chi connectivity index (χ1) is 16.2. The molecule has 0 bridgehead atoms. The molecule has 7 nitrogen and oxygen atoms in total. The van der Waals surface area contributed by atoms with Crippen LogP contribution in [0.25, 0.3) is 11.1 Å². The SMILES string of the molecule is COc1ccc(-c2cc(NC(=O)c3ccc(S(=O)(=O)NC4CC4)cc3)ccc2OC(F)F)cc1. The van der Waals surface area contributed by atoms with Gasteiger partial charge in [0.2, 0.25) is 10.0 Å². The van der Waals surface area contributed by atoms with Gasteiger partial charge in [-0.25, -0.2) is 13.1 Å². The van der Waals surface area contributed by atoms with Gasteiger partial charge in [0.05, 0.1) is 12.0 Å². The fraction of sp³-hybridized carbons (Fsp3) is 0.208. The molecule has 0 spiro atoms. The third-order valence-electron chi connectivity index (χ3n) is 5.18. The number of anilines is 1. The van der Waals surface area contributed by atoms with Gasteiger partial charge in [0, 0.05) is 22.9 Å². The number of halogens is 2. The summed E-state index contributed by atoms with van der Waals surface area (Å²) < 4.78 is 62.7. The van der Waals surface area contributed by atoms with Crippen molar-refractivity contribution in [1.29, 1.82) is 0 Å². The number of carbonyl (C=O) groups is 1. The number of methoxy groups -OCH3 is 1. The van der Waals surface area contributed by atoms with Crippen LogP contribution in [0.5, 0.6) is 11.5 Å². The summed E-state index contributed by atoms with van der Waals surface area (Å²) in [5.41, 5.74) is 1.53. The van der Waals surface area contributed by atoms with Crippen LogP contribution in [-0.2, 0) is 10.0 Å². The van der Waals surface area contributed by atoms with E-state index in [1.807, 2.05) is 0 Å². The first-order valence-corrected chi connectivity index (χ1v) is 11.9. The first-order valence-electron chi connectivity index (χ1n) is 10.4. The molecule has 1 fully saturated rings. The molecule has 3 aromatic rings. The lowest BCUT2D eigenvalue weighted by Gasteiger charge is -2.14. The lowest BCUT2D eigenvalue weighted by molar-refractivity contribution is -0.0494. The van der Waals surface area contributed by atoms with Gasteiger partial charge in [-0.05, 0) is 73.0 Å². The number of sulfonamides is 1. The van der Waals surface area contributed by atoms with Gasteiger partial charge in [-0.1, -0.05) is 12.1 Å². The van der Waals surface area contributed by atoms with Crippen LogP contribution in [-0.4, -0.2) is 34.1 Å². The fourth-order valence-corrected chi connectivity index (χ4v) is 4.59. The molecule has 1 saturated carbocycles. The van der Waals surface area contributed by atoms with Crippen LogP contribution in [0.4, 0.5) is 14.5 Å². The predicted molar refractivity (Wildman–Crippen MR) is 123 cm³/mol. The van der Waals surface area contributed by atoms with E-state index in [-0.39, 0.29) is 22.3 Å². The molecule has 1 amide bonds. The van der Waals surface area contributed by atoms with Crippen LogP contribution < -0.4 is 19.5 Å². The van der Waals surface area contributed by atoms with Crippen LogP contribution in [0.15, 0.2) is 71.6 Å². The van der Waals surface area contributed by atoms with Crippen molar-refractivity contribution in [3.05, 3.63) is 72.3 Å². The number of hydrogen-bond donors (Lipinski definition) is 2. The highest BCUT2D eigenvalue weighted by molar-refractivity contribution is 7.89. The Bertz CT molecular complexity index is 1280. The van der Waals surface area contributed by atoms with Gasteiger partial charge in [0.1, 0.15) is 11.5 Å². The van der Waals surface area contributed by atoms with Crippen molar-refractivity contribution in [2.24, 2.45) is 0 Å². The number of nitrogens with one attached hydrogen (secondary N) is 2. The van der Waals surface area contributed by atoms with Crippen molar-refractivity contribution in [3.63, 3.8) is 0 Å². The van der Waals surface area contributed by atoms with Crippen molar-refractivity contribution in [2.75, 3.05) is 12.4 Å². The second-order valence-corrected chi connectivity index (χ2v) is 9.41. The summed E-state index contributed by atoms with van der Waals surface area (Å²) in [5, 5.41) is 2.70. The summed E-state index contributed by atoms with van der Waals surface area (Å²) in [7, 11) is -2.10. The van der Waals surface area contributed by atoms with Crippen molar-refractivity contribution < 1.29 is 31.5 Å². The van der Waals surface area contributed by atoms with E-state index in [0.29, 0.717) is 22.6 Å². The highest BCUT2D eigenvalue weighted by atomic mass is 32.2. The van der Waals surface area contributed by atoms with E-state index >= 15 is 0 Å². The summed E-state index contributed by atoms with van der Waals surface area (Å²) in [5.74, 6) is 0.0699. The summed E-state index contributed by atoms with van der Waals surface area (Å²) in [6, 6.07) is 16.6. The van der Waals surface area contributed by atoms with Crippen molar-refractivity contribution in [1.82, 2.24) is 4.72 Å². The van der Waals surface area contributed by atoms with E-state index in [0.717, 1.165) is 12.8 Å². The Balaban J connectivity index is 1.55. The highest BCUT2D eigenvalue weighted by Crippen LogP contribution is 2.35. The van der Waals surface area contributed by atoms with E-state index in [2.05, 4.69) is 14.8 Å². The molecule has 0 unspecified atom stereocenters. The average Bonchev–Trinajstić information content (AvgIpc) is 3.63. The minimum Gasteiger partial charge on any atom is -0.497 e. The maximum absolute atomic E-state index is 12.9. The number of hydrogen-bond acceptors (Lipinski definition) is 5. The molecule has 1 aliphatic carbocycles. The number of rotatable bonds is 9. The highest BCUT2D eigenvalue weighted by Gasteiger charge is 2.28. The lowest BCUT2D eigenvalue weighted by atomic mass is 10.0. The van der Waals surface area contributed by atoms with Gasteiger partial charge in [-0.3, -0.25) is 4.79 Å².